The minimum atomic E-state index is -1.14. The molecule has 1 saturated carbocycles. The number of ether oxygens (including phenoxy) is 1. The molecule has 13 heteroatoms. The van der Waals surface area contributed by atoms with E-state index < -0.39 is 29.4 Å². The average Bonchev–Trinajstić information content (AvgIpc) is 3.66. The van der Waals surface area contributed by atoms with Crippen LogP contribution in [-0.4, -0.2) is 81.4 Å². The highest BCUT2D eigenvalue weighted by molar-refractivity contribution is 6.29. The van der Waals surface area contributed by atoms with Crippen molar-refractivity contribution in [1.82, 2.24) is 29.3 Å². The molecule has 1 fully saturated rings. The Kier molecular flexibility index (Phi) is 9.77. The highest BCUT2D eigenvalue weighted by Gasteiger charge is 2.26. The topological polar surface area (TPSA) is 130 Å². The van der Waals surface area contributed by atoms with Gasteiger partial charge in [-0.15, -0.1) is 0 Å². The Hall–Kier alpha value is -4.06. The fourth-order valence-corrected chi connectivity index (χ4v) is 4.52. The Morgan fingerprint density at radius 3 is 2.62 bits per heavy atom. The first-order valence-corrected chi connectivity index (χ1v) is 14.0. The Bertz CT molecular complexity index is 1580. The second-order valence-corrected chi connectivity index (χ2v) is 11.2. The van der Waals surface area contributed by atoms with Crippen LogP contribution in [0.5, 0.6) is 0 Å². The zero-order valence-electron chi connectivity index (χ0n) is 24.0. The molecule has 3 aromatic heterocycles. The van der Waals surface area contributed by atoms with Crippen molar-refractivity contribution in [3.8, 4) is 0 Å². The molecule has 0 bridgehead atoms. The van der Waals surface area contributed by atoms with Crippen molar-refractivity contribution in [1.29, 1.82) is 0 Å². The third kappa shape index (κ3) is 7.61. The smallest absolute Gasteiger partial charge is 0.409 e. The molecule has 3 heterocycles. The summed E-state index contributed by atoms with van der Waals surface area (Å²) < 4.78 is 21.1. The number of nitrogens with one attached hydrogen (secondary N) is 1. The van der Waals surface area contributed by atoms with Crippen LogP contribution in [0.15, 0.2) is 35.3 Å². The van der Waals surface area contributed by atoms with E-state index in [-0.39, 0.29) is 41.5 Å². The first kappa shape index (κ1) is 30.9. The molecule has 0 saturated heterocycles. The van der Waals surface area contributed by atoms with Gasteiger partial charge >= 0.3 is 6.09 Å². The molecule has 0 spiro atoms. The fraction of sp³-hybridized carbons (Fsp3) is 0.448. The van der Waals surface area contributed by atoms with Gasteiger partial charge in [0.1, 0.15) is 16.5 Å². The number of fused-ring (bicyclic) bond motifs is 1. The number of hydrogen-bond donors (Lipinski definition) is 1. The van der Waals surface area contributed by atoms with Gasteiger partial charge in [-0.3, -0.25) is 23.9 Å². The first-order chi connectivity index (χ1) is 19.9. The molecule has 224 valence electrons. The van der Waals surface area contributed by atoms with Crippen LogP contribution in [0, 0.1) is 11.7 Å². The lowest BCUT2D eigenvalue weighted by molar-refractivity contribution is -0.127. The Balaban J connectivity index is 1.53. The van der Waals surface area contributed by atoms with E-state index in [1.54, 1.807) is 20.2 Å². The Morgan fingerprint density at radius 1 is 1.21 bits per heavy atom. The van der Waals surface area contributed by atoms with Gasteiger partial charge < -0.3 is 19.5 Å². The quantitative estimate of drug-likeness (QED) is 0.249. The summed E-state index contributed by atoms with van der Waals surface area (Å²) in [6.07, 6.45) is 5.34. The lowest BCUT2D eigenvalue weighted by Crippen LogP contribution is -2.35. The molecular formula is C29H34ClFN6O5. The number of nitrogens with zero attached hydrogens (tertiary/aromatic N) is 5. The van der Waals surface area contributed by atoms with Crippen molar-refractivity contribution < 1.29 is 23.5 Å². The lowest BCUT2D eigenvalue weighted by atomic mass is 10.0. The number of carbonyl (C=O) groups is 3. The van der Waals surface area contributed by atoms with Gasteiger partial charge in [-0.05, 0) is 50.2 Å². The van der Waals surface area contributed by atoms with Gasteiger partial charge in [0.25, 0.3) is 5.56 Å². The van der Waals surface area contributed by atoms with Crippen molar-refractivity contribution in [3.63, 3.8) is 0 Å². The number of imidazole rings is 1. The SMILES string of the molecule is CN(C)C(=O)/C=C/CC[C@H](OC(=O)N(C)C)C(=O)Cc1ccc(Cl)n(Cc2nc3c(F)cnc(CC4CC4)c3[nH]2)c1=O. The molecule has 1 aliphatic carbocycles. The average molecular weight is 601 g/mol. The third-order valence-corrected chi connectivity index (χ3v) is 7.25. The summed E-state index contributed by atoms with van der Waals surface area (Å²) in [6, 6.07) is 2.95. The van der Waals surface area contributed by atoms with Gasteiger partial charge in [0.05, 0.1) is 24.0 Å². The van der Waals surface area contributed by atoms with Crippen molar-refractivity contribution >= 4 is 40.4 Å². The summed E-state index contributed by atoms with van der Waals surface area (Å²) in [5.41, 5.74) is 0.997. The number of H-pyrrole nitrogens is 1. The number of pyridine rings is 2. The summed E-state index contributed by atoms with van der Waals surface area (Å²) in [5.74, 6) is -0.415. The second kappa shape index (κ2) is 13.3. The number of halogens is 2. The van der Waals surface area contributed by atoms with Crippen molar-refractivity contribution in [2.24, 2.45) is 5.92 Å². The maximum Gasteiger partial charge on any atom is 0.409 e. The number of Topliss-reactive ketones (excluding diaryl/α,β-unsaturated/α-hetero) is 1. The molecule has 1 aliphatic rings. The lowest BCUT2D eigenvalue weighted by Gasteiger charge is -2.19. The normalized spacial score (nSPS) is 13.9. The van der Waals surface area contributed by atoms with Crippen LogP contribution >= 0.6 is 11.6 Å². The van der Waals surface area contributed by atoms with Gasteiger partial charge in [0.2, 0.25) is 5.91 Å². The minimum Gasteiger partial charge on any atom is -0.438 e. The molecule has 0 radical (unpaired) electrons. The van der Waals surface area contributed by atoms with E-state index in [4.69, 9.17) is 16.3 Å². The van der Waals surface area contributed by atoms with Gasteiger partial charge in [0.15, 0.2) is 17.7 Å². The van der Waals surface area contributed by atoms with Crippen molar-refractivity contribution in [3.05, 3.63) is 68.9 Å². The summed E-state index contributed by atoms with van der Waals surface area (Å²) >= 11 is 6.36. The van der Waals surface area contributed by atoms with Crippen molar-refractivity contribution in [2.75, 3.05) is 28.2 Å². The van der Waals surface area contributed by atoms with Gasteiger partial charge in [-0.1, -0.05) is 23.7 Å². The van der Waals surface area contributed by atoms with E-state index in [9.17, 15) is 23.6 Å². The van der Waals surface area contributed by atoms with E-state index in [1.165, 1.54) is 46.7 Å². The molecule has 0 aliphatic heterocycles. The summed E-state index contributed by atoms with van der Waals surface area (Å²) in [5, 5.41) is 0.111. The molecular weight excluding hydrogens is 567 g/mol. The largest absolute Gasteiger partial charge is 0.438 e. The van der Waals surface area contributed by atoms with Crippen LogP contribution in [0.1, 0.15) is 42.8 Å². The highest BCUT2D eigenvalue weighted by Crippen LogP contribution is 2.33. The summed E-state index contributed by atoms with van der Waals surface area (Å²) in [4.78, 5) is 65.0. The van der Waals surface area contributed by atoms with Crippen LogP contribution in [0.3, 0.4) is 0 Å². The molecule has 0 unspecified atom stereocenters. The maximum atomic E-state index is 14.5. The zero-order chi connectivity index (χ0) is 30.6. The fourth-order valence-electron chi connectivity index (χ4n) is 4.32. The molecule has 42 heavy (non-hydrogen) atoms. The molecule has 4 rings (SSSR count). The van der Waals surface area contributed by atoms with E-state index >= 15 is 0 Å². The van der Waals surface area contributed by atoms with Crippen LogP contribution < -0.4 is 5.56 Å². The first-order valence-electron chi connectivity index (χ1n) is 13.6. The van der Waals surface area contributed by atoms with Crippen LogP contribution in [0.2, 0.25) is 5.15 Å². The number of aromatic nitrogens is 4. The number of hydrogen-bond acceptors (Lipinski definition) is 7. The molecule has 1 atom stereocenters. The molecule has 11 nitrogen and oxygen atoms in total. The van der Waals surface area contributed by atoms with Gasteiger partial charge in [-0.25, -0.2) is 14.2 Å². The Labute approximate surface area is 247 Å². The number of likely N-dealkylation sites (N-methyl/N-ethyl adjacent to an activating group) is 1. The molecule has 1 N–H and O–H groups in total. The standard InChI is InChI=1S/C29H34ClFN6O5/c1-35(2)25(39)8-6-5-7-22(42-29(41)36(3)4)21(38)14-18-11-12-23(30)37(28(18)40)16-24-33-26-19(31)15-32-20(27(26)34-24)13-17-9-10-17/h6,8,11-12,15,17,22H,5,7,9-10,13-14,16H2,1-4H3,(H,33,34)/b8-6+/t22-/m0/s1. The number of allylic oxidation sites excluding steroid dienone is 1. The summed E-state index contributed by atoms with van der Waals surface area (Å²) in [6.45, 7) is -0.0829. The van der Waals surface area contributed by atoms with Crippen LogP contribution in [-0.2, 0) is 33.7 Å². The minimum absolute atomic E-state index is 0.0829. The van der Waals surface area contributed by atoms with Crippen molar-refractivity contribution in [2.45, 2.75) is 51.2 Å². The predicted octanol–water partition coefficient (Wildman–Crippen LogP) is 3.52. The highest BCUT2D eigenvalue weighted by atomic mass is 35.5. The third-order valence-electron chi connectivity index (χ3n) is 6.92. The number of rotatable bonds is 12. The van der Waals surface area contributed by atoms with Gasteiger partial charge in [0, 0.05) is 40.2 Å². The number of aromatic amines is 1. The molecule has 3 aromatic rings. The van der Waals surface area contributed by atoms with Crippen LogP contribution in [0.25, 0.3) is 11.0 Å². The molecule has 2 amide bonds. The van der Waals surface area contributed by atoms with E-state index in [1.807, 2.05) is 0 Å². The van der Waals surface area contributed by atoms with E-state index in [0.29, 0.717) is 23.7 Å². The predicted molar refractivity (Wildman–Crippen MR) is 155 cm³/mol. The maximum absolute atomic E-state index is 14.5. The molecule has 0 aromatic carbocycles. The van der Waals surface area contributed by atoms with Crippen LogP contribution in [0.4, 0.5) is 9.18 Å². The summed E-state index contributed by atoms with van der Waals surface area (Å²) in [7, 11) is 6.22. The number of ketones is 1. The Morgan fingerprint density at radius 2 is 1.95 bits per heavy atom. The zero-order valence-corrected chi connectivity index (χ0v) is 24.8. The van der Waals surface area contributed by atoms with E-state index in [2.05, 4.69) is 15.0 Å². The monoisotopic (exact) mass is 600 g/mol. The number of amides is 2. The van der Waals surface area contributed by atoms with Gasteiger partial charge in [-0.2, -0.15) is 0 Å². The van der Waals surface area contributed by atoms with E-state index in [0.717, 1.165) is 31.2 Å². The second-order valence-electron chi connectivity index (χ2n) is 10.8. The number of carbonyl (C=O) groups excluding carboxylic acids is 3.